The first-order valence-electron chi connectivity index (χ1n) is 7.38. The fourth-order valence-electron chi connectivity index (χ4n) is 2.83. The summed E-state index contributed by atoms with van der Waals surface area (Å²) in [6, 6.07) is 4.51. The minimum Gasteiger partial charge on any atom is -0.392 e. The third-order valence-corrected chi connectivity index (χ3v) is 6.36. The highest BCUT2D eigenvalue weighted by Gasteiger charge is 2.29. The number of benzene rings is 1. The quantitative estimate of drug-likeness (QED) is 0.902. The van der Waals surface area contributed by atoms with E-state index in [1.807, 2.05) is 0 Å². The Hall–Kier alpha value is -0.620. The molecule has 2 rings (SSSR count). The molecule has 1 N–H and O–H groups in total. The second kappa shape index (κ2) is 7.09. The van der Waals surface area contributed by atoms with Crippen LogP contribution < -0.4 is 0 Å². The molecule has 0 atom stereocenters. The largest absolute Gasteiger partial charge is 0.392 e. The van der Waals surface area contributed by atoms with E-state index in [4.69, 9.17) is 11.6 Å². The molecule has 0 amide bonds. The molecular weight excluding hydrogens is 310 g/mol. The highest BCUT2D eigenvalue weighted by Crippen LogP contribution is 2.28. The van der Waals surface area contributed by atoms with Gasteiger partial charge in [0.2, 0.25) is 10.0 Å². The van der Waals surface area contributed by atoms with E-state index in [0.29, 0.717) is 29.6 Å². The van der Waals surface area contributed by atoms with Crippen LogP contribution >= 0.6 is 11.6 Å². The van der Waals surface area contributed by atoms with Crippen molar-refractivity contribution in [2.45, 2.75) is 44.1 Å². The fourth-order valence-corrected chi connectivity index (χ4v) is 4.53. The molecule has 4 nitrogen and oxygen atoms in total. The maximum absolute atomic E-state index is 12.6. The average Bonchev–Trinajstić information content (AvgIpc) is 2.48. The van der Waals surface area contributed by atoms with Gasteiger partial charge in [-0.05, 0) is 42.5 Å². The molecule has 1 aliphatic rings. The molecule has 0 aliphatic carbocycles. The van der Waals surface area contributed by atoms with Gasteiger partial charge in [-0.1, -0.05) is 31.4 Å². The summed E-state index contributed by atoms with van der Waals surface area (Å²) in [5.74, 6) is 0.639. The molecule has 1 saturated heterocycles. The Kier molecular flexibility index (Phi) is 5.66. The Morgan fingerprint density at radius 1 is 1.33 bits per heavy atom. The molecule has 0 bridgehead atoms. The molecule has 6 heteroatoms. The maximum atomic E-state index is 12.6. The van der Waals surface area contributed by atoms with Gasteiger partial charge in [0, 0.05) is 18.1 Å². The Morgan fingerprint density at radius 3 is 2.57 bits per heavy atom. The lowest BCUT2D eigenvalue weighted by Gasteiger charge is -2.31. The minimum atomic E-state index is -3.49. The predicted molar refractivity (Wildman–Crippen MR) is 83.8 cm³/mol. The van der Waals surface area contributed by atoms with Gasteiger partial charge in [0.1, 0.15) is 0 Å². The van der Waals surface area contributed by atoms with E-state index >= 15 is 0 Å². The number of aliphatic hydroxyl groups excluding tert-OH is 1. The molecule has 21 heavy (non-hydrogen) atoms. The smallest absolute Gasteiger partial charge is 0.243 e. The molecule has 1 heterocycles. The van der Waals surface area contributed by atoms with Gasteiger partial charge in [0.25, 0.3) is 0 Å². The lowest BCUT2D eigenvalue weighted by molar-refractivity contribution is 0.262. The van der Waals surface area contributed by atoms with Crippen molar-refractivity contribution in [2.75, 3.05) is 13.1 Å². The second-order valence-electron chi connectivity index (χ2n) is 5.55. The van der Waals surface area contributed by atoms with Crippen molar-refractivity contribution < 1.29 is 13.5 Å². The predicted octanol–water partition coefficient (Wildman–Crippen LogP) is 3.03. The van der Waals surface area contributed by atoms with Crippen molar-refractivity contribution in [3.05, 3.63) is 28.8 Å². The van der Waals surface area contributed by atoms with Crippen molar-refractivity contribution >= 4 is 21.6 Å². The topological polar surface area (TPSA) is 57.6 Å². The normalized spacial score (nSPS) is 18.0. The molecule has 1 aromatic carbocycles. The zero-order valence-electron chi connectivity index (χ0n) is 12.3. The second-order valence-corrected chi connectivity index (χ2v) is 7.89. The molecule has 118 valence electrons. The van der Waals surface area contributed by atoms with Gasteiger partial charge in [0.05, 0.1) is 11.5 Å². The van der Waals surface area contributed by atoms with Crippen LogP contribution in [0.4, 0.5) is 0 Å². The fraction of sp³-hybridized carbons (Fsp3) is 0.600. The van der Waals surface area contributed by atoms with Crippen LogP contribution in [-0.4, -0.2) is 30.9 Å². The Morgan fingerprint density at radius 2 is 2.00 bits per heavy atom. The zero-order valence-corrected chi connectivity index (χ0v) is 13.8. The van der Waals surface area contributed by atoms with Gasteiger partial charge in [-0.15, -0.1) is 0 Å². The van der Waals surface area contributed by atoms with E-state index in [-0.39, 0.29) is 11.5 Å². The standard InChI is InChI=1S/C15H22ClNO3S/c1-2-3-12-6-8-17(9-7-12)21(19,20)14-4-5-15(16)13(10-14)11-18/h4-5,10,12,18H,2-3,6-9,11H2,1H3. The van der Waals surface area contributed by atoms with Gasteiger partial charge in [-0.25, -0.2) is 8.42 Å². The monoisotopic (exact) mass is 331 g/mol. The van der Waals surface area contributed by atoms with Gasteiger partial charge in [0.15, 0.2) is 0 Å². The van der Waals surface area contributed by atoms with Crippen LogP contribution in [0, 0.1) is 5.92 Å². The lowest BCUT2D eigenvalue weighted by Crippen LogP contribution is -2.38. The van der Waals surface area contributed by atoms with Crippen LogP contribution in [0.2, 0.25) is 5.02 Å². The molecule has 1 aliphatic heterocycles. The summed E-state index contributed by atoms with van der Waals surface area (Å²) in [5.41, 5.74) is 0.443. The molecule has 0 radical (unpaired) electrons. The van der Waals surface area contributed by atoms with E-state index in [2.05, 4.69) is 6.92 Å². The van der Waals surface area contributed by atoms with Crippen molar-refractivity contribution in [2.24, 2.45) is 5.92 Å². The number of hydrogen-bond donors (Lipinski definition) is 1. The van der Waals surface area contributed by atoms with Gasteiger partial charge < -0.3 is 5.11 Å². The number of halogens is 1. The van der Waals surface area contributed by atoms with Crippen molar-refractivity contribution in [3.8, 4) is 0 Å². The summed E-state index contributed by atoms with van der Waals surface area (Å²) in [4.78, 5) is 0.213. The molecule has 0 saturated carbocycles. The SMILES string of the molecule is CCCC1CCN(S(=O)(=O)c2ccc(Cl)c(CO)c2)CC1. The first kappa shape index (κ1) is 16.7. The number of rotatable bonds is 5. The van der Waals surface area contributed by atoms with Crippen molar-refractivity contribution in [1.82, 2.24) is 4.31 Å². The highest BCUT2D eigenvalue weighted by atomic mass is 35.5. The van der Waals surface area contributed by atoms with Crippen molar-refractivity contribution in [1.29, 1.82) is 0 Å². The summed E-state index contributed by atoms with van der Waals surface area (Å²) in [5, 5.41) is 9.61. The number of aliphatic hydroxyl groups is 1. The third kappa shape index (κ3) is 3.77. The number of nitrogens with zero attached hydrogens (tertiary/aromatic N) is 1. The van der Waals surface area contributed by atoms with Crippen LogP contribution in [0.3, 0.4) is 0 Å². The summed E-state index contributed by atoms with van der Waals surface area (Å²) < 4.78 is 26.8. The first-order valence-corrected chi connectivity index (χ1v) is 9.20. The molecule has 1 fully saturated rings. The molecule has 0 spiro atoms. The lowest BCUT2D eigenvalue weighted by atomic mass is 9.94. The molecule has 0 aromatic heterocycles. The van der Waals surface area contributed by atoms with Gasteiger partial charge in [-0.3, -0.25) is 0 Å². The van der Waals surface area contributed by atoms with E-state index in [1.165, 1.54) is 24.6 Å². The minimum absolute atomic E-state index is 0.213. The van der Waals surface area contributed by atoms with Gasteiger partial charge in [-0.2, -0.15) is 4.31 Å². The molecule has 1 aromatic rings. The van der Waals surface area contributed by atoms with E-state index in [9.17, 15) is 13.5 Å². The highest BCUT2D eigenvalue weighted by molar-refractivity contribution is 7.89. The van der Waals surface area contributed by atoms with Crippen LogP contribution in [-0.2, 0) is 16.6 Å². The molecular formula is C15H22ClNO3S. The number of sulfonamides is 1. The van der Waals surface area contributed by atoms with Crippen LogP contribution in [0.5, 0.6) is 0 Å². The molecule has 0 unspecified atom stereocenters. The Balaban J connectivity index is 2.15. The summed E-state index contributed by atoms with van der Waals surface area (Å²) in [6.07, 6.45) is 4.17. The zero-order chi connectivity index (χ0) is 15.5. The maximum Gasteiger partial charge on any atom is 0.243 e. The number of piperidine rings is 1. The van der Waals surface area contributed by atoms with Crippen LogP contribution in [0.1, 0.15) is 38.2 Å². The first-order chi connectivity index (χ1) is 9.98. The van der Waals surface area contributed by atoms with Gasteiger partial charge >= 0.3 is 0 Å². The Bertz CT molecular complexity index is 581. The van der Waals surface area contributed by atoms with Crippen LogP contribution in [0.15, 0.2) is 23.1 Å². The van der Waals surface area contributed by atoms with E-state index in [0.717, 1.165) is 19.3 Å². The van der Waals surface area contributed by atoms with E-state index in [1.54, 1.807) is 4.31 Å². The Labute approximate surface area is 131 Å². The third-order valence-electron chi connectivity index (χ3n) is 4.10. The van der Waals surface area contributed by atoms with E-state index < -0.39 is 10.0 Å². The van der Waals surface area contributed by atoms with Crippen molar-refractivity contribution in [3.63, 3.8) is 0 Å². The van der Waals surface area contributed by atoms with Crippen LogP contribution in [0.25, 0.3) is 0 Å². The summed E-state index contributed by atoms with van der Waals surface area (Å²) in [7, 11) is -3.49. The number of hydrogen-bond acceptors (Lipinski definition) is 3. The average molecular weight is 332 g/mol. The summed E-state index contributed by atoms with van der Waals surface area (Å²) >= 11 is 5.92. The summed E-state index contributed by atoms with van der Waals surface area (Å²) in [6.45, 7) is 3.04.